The van der Waals surface area contributed by atoms with Crippen molar-refractivity contribution in [1.82, 2.24) is 5.32 Å². The monoisotopic (exact) mass is 167 g/mol. The highest BCUT2D eigenvalue weighted by Crippen LogP contribution is 2.03. The van der Waals surface area contributed by atoms with E-state index >= 15 is 0 Å². The zero-order valence-corrected chi connectivity index (χ0v) is 8.72. The van der Waals surface area contributed by atoms with Crippen LogP contribution in [0.5, 0.6) is 0 Å². The topological polar surface area (TPSA) is 12.0 Å². The molecule has 0 bridgehead atoms. The summed E-state index contributed by atoms with van der Waals surface area (Å²) in [5.74, 6) is 0. The standard InChI is InChI=1S/C11H21N/c1-5-8-11(7-3)10(4)12-9-6-2/h5,7-8,10,12H,6,9H2,1-4H3/b8-5-,11-7+. The molecule has 0 spiro atoms. The minimum atomic E-state index is 0.478. The van der Waals surface area contributed by atoms with E-state index in [2.05, 4.69) is 51.2 Å². The summed E-state index contributed by atoms with van der Waals surface area (Å²) in [6.07, 6.45) is 7.59. The van der Waals surface area contributed by atoms with E-state index in [-0.39, 0.29) is 0 Å². The van der Waals surface area contributed by atoms with E-state index in [1.807, 2.05) is 0 Å². The van der Waals surface area contributed by atoms with Gasteiger partial charge in [0.1, 0.15) is 0 Å². The van der Waals surface area contributed by atoms with Crippen molar-refractivity contribution in [2.45, 2.75) is 40.2 Å². The molecule has 0 rings (SSSR count). The van der Waals surface area contributed by atoms with Crippen molar-refractivity contribution in [1.29, 1.82) is 0 Å². The Morgan fingerprint density at radius 2 is 2.08 bits per heavy atom. The molecule has 0 saturated heterocycles. The highest BCUT2D eigenvalue weighted by Gasteiger charge is 2.01. The third-order valence-electron chi connectivity index (χ3n) is 1.89. The van der Waals surface area contributed by atoms with Crippen LogP contribution < -0.4 is 5.32 Å². The summed E-state index contributed by atoms with van der Waals surface area (Å²) >= 11 is 0. The predicted octanol–water partition coefficient (Wildman–Crippen LogP) is 2.90. The van der Waals surface area contributed by atoms with Gasteiger partial charge in [0.25, 0.3) is 0 Å². The van der Waals surface area contributed by atoms with Crippen molar-refractivity contribution < 1.29 is 0 Å². The lowest BCUT2D eigenvalue weighted by molar-refractivity contribution is 0.609. The van der Waals surface area contributed by atoms with E-state index in [4.69, 9.17) is 0 Å². The van der Waals surface area contributed by atoms with Gasteiger partial charge >= 0.3 is 0 Å². The number of nitrogens with one attached hydrogen (secondary N) is 1. The second kappa shape index (κ2) is 7.11. The van der Waals surface area contributed by atoms with Crippen LogP contribution in [0.1, 0.15) is 34.1 Å². The molecule has 1 atom stereocenters. The molecule has 0 aromatic heterocycles. The van der Waals surface area contributed by atoms with Crippen molar-refractivity contribution in [2.24, 2.45) is 0 Å². The van der Waals surface area contributed by atoms with E-state index in [9.17, 15) is 0 Å². The molecule has 0 aromatic rings. The second-order valence-electron chi connectivity index (χ2n) is 2.96. The number of hydrogen-bond donors (Lipinski definition) is 1. The van der Waals surface area contributed by atoms with Crippen LogP contribution in [-0.4, -0.2) is 12.6 Å². The van der Waals surface area contributed by atoms with Crippen LogP contribution in [-0.2, 0) is 0 Å². The molecule has 0 amide bonds. The summed E-state index contributed by atoms with van der Waals surface area (Å²) in [6, 6.07) is 0.478. The van der Waals surface area contributed by atoms with Gasteiger partial charge in [-0.15, -0.1) is 0 Å². The average Bonchev–Trinajstić information content (AvgIpc) is 2.10. The first-order valence-corrected chi connectivity index (χ1v) is 4.78. The van der Waals surface area contributed by atoms with Gasteiger partial charge < -0.3 is 5.32 Å². The van der Waals surface area contributed by atoms with Gasteiger partial charge in [0.15, 0.2) is 0 Å². The fourth-order valence-corrected chi connectivity index (χ4v) is 1.16. The van der Waals surface area contributed by atoms with E-state index in [1.165, 1.54) is 12.0 Å². The lowest BCUT2D eigenvalue weighted by Gasteiger charge is -2.13. The first-order valence-electron chi connectivity index (χ1n) is 4.78. The SMILES string of the molecule is C/C=C\C(=C/C)C(C)NCCC. The average molecular weight is 167 g/mol. The highest BCUT2D eigenvalue weighted by molar-refractivity contribution is 5.22. The van der Waals surface area contributed by atoms with Crippen LogP contribution in [0.15, 0.2) is 23.8 Å². The zero-order chi connectivity index (χ0) is 9.40. The van der Waals surface area contributed by atoms with Crippen LogP contribution in [0.25, 0.3) is 0 Å². The third kappa shape index (κ3) is 4.35. The first kappa shape index (κ1) is 11.4. The van der Waals surface area contributed by atoms with Gasteiger partial charge in [-0.05, 0) is 39.3 Å². The Hall–Kier alpha value is -0.560. The minimum absolute atomic E-state index is 0.478. The van der Waals surface area contributed by atoms with Crippen molar-refractivity contribution in [3.8, 4) is 0 Å². The first-order chi connectivity index (χ1) is 5.76. The normalized spacial score (nSPS) is 15.5. The Labute approximate surface area is 76.6 Å². The van der Waals surface area contributed by atoms with Crippen LogP contribution in [0.3, 0.4) is 0 Å². The summed E-state index contributed by atoms with van der Waals surface area (Å²) < 4.78 is 0. The summed E-state index contributed by atoms with van der Waals surface area (Å²) in [5.41, 5.74) is 1.37. The highest BCUT2D eigenvalue weighted by atomic mass is 14.9. The summed E-state index contributed by atoms with van der Waals surface area (Å²) in [4.78, 5) is 0. The smallest absolute Gasteiger partial charge is 0.0288 e. The molecule has 0 aliphatic heterocycles. The Morgan fingerprint density at radius 1 is 1.42 bits per heavy atom. The Balaban J connectivity index is 3.95. The lowest BCUT2D eigenvalue weighted by atomic mass is 10.1. The Morgan fingerprint density at radius 3 is 2.50 bits per heavy atom. The van der Waals surface area contributed by atoms with Crippen molar-refractivity contribution in [3.05, 3.63) is 23.8 Å². The molecule has 1 N–H and O–H groups in total. The fraction of sp³-hybridized carbons (Fsp3) is 0.636. The van der Waals surface area contributed by atoms with Crippen LogP contribution in [0, 0.1) is 0 Å². The van der Waals surface area contributed by atoms with Crippen LogP contribution in [0.2, 0.25) is 0 Å². The molecule has 12 heavy (non-hydrogen) atoms. The molecule has 0 aliphatic carbocycles. The summed E-state index contributed by atoms with van der Waals surface area (Å²) in [7, 11) is 0. The molecule has 1 heteroatoms. The van der Waals surface area contributed by atoms with Crippen LogP contribution in [0.4, 0.5) is 0 Å². The molecule has 0 aliphatic rings. The molecule has 0 fully saturated rings. The molecule has 1 unspecified atom stereocenters. The van der Waals surface area contributed by atoms with Gasteiger partial charge in [-0.3, -0.25) is 0 Å². The molecule has 70 valence electrons. The number of allylic oxidation sites excluding steroid dienone is 2. The minimum Gasteiger partial charge on any atom is -0.310 e. The zero-order valence-electron chi connectivity index (χ0n) is 8.72. The maximum absolute atomic E-state index is 3.45. The van der Waals surface area contributed by atoms with E-state index < -0.39 is 0 Å². The second-order valence-corrected chi connectivity index (χ2v) is 2.96. The third-order valence-corrected chi connectivity index (χ3v) is 1.89. The Kier molecular flexibility index (Phi) is 6.78. The molecular weight excluding hydrogens is 146 g/mol. The summed E-state index contributed by atoms with van der Waals surface area (Å²) in [6.45, 7) is 9.61. The molecule has 1 nitrogen and oxygen atoms in total. The van der Waals surface area contributed by atoms with Crippen LogP contribution >= 0.6 is 0 Å². The number of rotatable bonds is 5. The van der Waals surface area contributed by atoms with Gasteiger partial charge in [0, 0.05) is 6.04 Å². The number of hydrogen-bond acceptors (Lipinski definition) is 1. The molecule has 0 aromatic carbocycles. The van der Waals surface area contributed by atoms with E-state index in [1.54, 1.807) is 0 Å². The van der Waals surface area contributed by atoms with Crippen molar-refractivity contribution >= 4 is 0 Å². The van der Waals surface area contributed by atoms with Gasteiger partial charge in [0.2, 0.25) is 0 Å². The van der Waals surface area contributed by atoms with Gasteiger partial charge in [-0.1, -0.05) is 25.2 Å². The van der Waals surface area contributed by atoms with E-state index in [0.29, 0.717) is 6.04 Å². The van der Waals surface area contributed by atoms with Gasteiger partial charge in [-0.25, -0.2) is 0 Å². The van der Waals surface area contributed by atoms with Crippen molar-refractivity contribution in [2.75, 3.05) is 6.54 Å². The lowest BCUT2D eigenvalue weighted by Crippen LogP contribution is -2.27. The molecule has 0 saturated carbocycles. The fourth-order valence-electron chi connectivity index (χ4n) is 1.16. The molecular formula is C11H21N. The maximum atomic E-state index is 3.45. The van der Waals surface area contributed by atoms with Gasteiger partial charge in [0.05, 0.1) is 0 Å². The quantitative estimate of drug-likeness (QED) is 0.621. The molecule has 0 radical (unpaired) electrons. The largest absolute Gasteiger partial charge is 0.310 e. The van der Waals surface area contributed by atoms with E-state index in [0.717, 1.165) is 6.54 Å². The maximum Gasteiger partial charge on any atom is 0.0288 e. The Bertz CT molecular complexity index is 156. The van der Waals surface area contributed by atoms with Gasteiger partial charge in [-0.2, -0.15) is 0 Å². The predicted molar refractivity (Wildman–Crippen MR) is 56.3 cm³/mol. The van der Waals surface area contributed by atoms with Crippen molar-refractivity contribution in [3.63, 3.8) is 0 Å². The summed E-state index contributed by atoms with van der Waals surface area (Å²) in [5, 5.41) is 3.45. The molecule has 0 heterocycles.